The van der Waals surface area contributed by atoms with Crippen LogP contribution in [0.15, 0.2) is 18.2 Å². The fraction of sp³-hybridized carbons (Fsp3) is 0.273. The van der Waals surface area contributed by atoms with Crippen molar-refractivity contribution in [3.8, 4) is 11.5 Å². The Morgan fingerprint density at radius 1 is 1.24 bits per heavy atom. The van der Waals surface area contributed by atoms with Crippen LogP contribution in [-0.2, 0) is 16.0 Å². The predicted octanol–water partition coefficient (Wildman–Crippen LogP) is 0.786. The summed E-state index contributed by atoms with van der Waals surface area (Å²) in [6.07, 6.45) is -0.164. The minimum absolute atomic E-state index is 0.164. The molecule has 0 bridgehead atoms. The molecule has 0 atom stereocenters. The summed E-state index contributed by atoms with van der Waals surface area (Å²) in [6.45, 7) is -0.457. The van der Waals surface area contributed by atoms with Crippen LogP contribution in [0.1, 0.15) is 5.56 Å². The summed E-state index contributed by atoms with van der Waals surface area (Å²) in [6, 6.07) is 4.50. The topological polar surface area (TPSA) is 93.1 Å². The van der Waals surface area contributed by atoms with Crippen molar-refractivity contribution < 1.29 is 29.3 Å². The van der Waals surface area contributed by atoms with Gasteiger partial charge in [0.05, 0.1) is 13.5 Å². The number of hydrogen-bond donors (Lipinski definition) is 2. The van der Waals surface area contributed by atoms with Gasteiger partial charge in [0, 0.05) is 11.6 Å². The summed E-state index contributed by atoms with van der Waals surface area (Å²) in [5, 5.41) is 17.1. The zero-order valence-corrected chi connectivity index (χ0v) is 9.17. The highest BCUT2D eigenvalue weighted by Crippen LogP contribution is 2.25. The van der Waals surface area contributed by atoms with E-state index < -0.39 is 18.5 Å². The van der Waals surface area contributed by atoms with Crippen LogP contribution in [0.4, 0.5) is 0 Å². The van der Waals surface area contributed by atoms with E-state index in [1.54, 1.807) is 0 Å². The normalized spacial score (nSPS) is 9.71. The zero-order valence-electron chi connectivity index (χ0n) is 9.17. The van der Waals surface area contributed by atoms with Crippen LogP contribution in [0.25, 0.3) is 0 Å². The standard InChI is InChI=1S/C11H12O6/c1-16-9-5-8(17-6-11(14)15)3-2-7(9)4-10(12)13/h2-3,5H,4,6H2,1H3,(H,12,13)(H,14,15). The lowest BCUT2D eigenvalue weighted by Gasteiger charge is -2.09. The highest BCUT2D eigenvalue weighted by Gasteiger charge is 2.09. The number of aliphatic carboxylic acids is 2. The lowest BCUT2D eigenvalue weighted by Crippen LogP contribution is -2.09. The Morgan fingerprint density at radius 3 is 2.47 bits per heavy atom. The van der Waals surface area contributed by atoms with Crippen LogP contribution in [0.5, 0.6) is 11.5 Å². The van der Waals surface area contributed by atoms with Gasteiger partial charge in [0.2, 0.25) is 0 Å². The maximum atomic E-state index is 10.6. The van der Waals surface area contributed by atoms with E-state index in [1.807, 2.05) is 0 Å². The molecule has 1 aromatic carbocycles. The van der Waals surface area contributed by atoms with Gasteiger partial charge in [0.1, 0.15) is 11.5 Å². The van der Waals surface area contributed by atoms with Crippen LogP contribution >= 0.6 is 0 Å². The maximum absolute atomic E-state index is 10.6. The molecule has 0 aliphatic heterocycles. The molecule has 17 heavy (non-hydrogen) atoms. The first-order chi connectivity index (χ1) is 8.02. The van der Waals surface area contributed by atoms with Crippen molar-refractivity contribution in [3.63, 3.8) is 0 Å². The minimum atomic E-state index is -1.08. The Hall–Kier alpha value is -2.24. The maximum Gasteiger partial charge on any atom is 0.341 e. The first-order valence-corrected chi connectivity index (χ1v) is 4.76. The van der Waals surface area contributed by atoms with Crippen LogP contribution in [0.3, 0.4) is 0 Å². The molecule has 1 rings (SSSR count). The summed E-state index contributed by atoms with van der Waals surface area (Å²) >= 11 is 0. The Morgan fingerprint density at radius 2 is 1.94 bits per heavy atom. The van der Waals surface area contributed by atoms with Crippen molar-refractivity contribution in [2.24, 2.45) is 0 Å². The van der Waals surface area contributed by atoms with Gasteiger partial charge in [-0.15, -0.1) is 0 Å². The third-order valence-electron chi connectivity index (χ3n) is 1.96. The lowest BCUT2D eigenvalue weighted by molar-refractivity contribution is -0.139. The van der Waals surface area contributed by atoms with Crippen LogP contribution in [-0.4, -0.2) is 35.9 Å². The third-order valence-corrected chi connectivity index (χ3v) is 1.96. The summed E-state index contributed by atoms with van der Waals surface area (Å²) < 4.78 is 9.95. The molecular weight excluding hydrogens is 228 g/mol. The van der Waals surface area contributed by atoms with E-state index in [0.717, 1.165) is 0 Å². The van der Waals surface area contributed by atoms with E-state index in [9.17, 15) is 9.59 Å². The van der Waals surface area contributed by atoms with Gasteiger partial charge in [0.15, 0.2) is 6.61 Å². The number of carbonyl (C=O) groups is 2. The van der Waals surface area contributed by atoms with Gasteiger partial charge < -0.3 is 19.7 Å². The Labute approximate surface area is 97.4 Å². The van der Waals surface area contributed by atoms with Gasteiger partial charge in [0.25, 0.3) is 0 Å². The summed E-state index contributed by atoms with van der Waals surface area (Å²) in [4.78, 5) is 20.9. The van der Waals surface area contributed by atoms with Gasteiger partial charge >= 0.3 is 11.9 Å². The molecule has 0 fully saturated rings. The van der Waals surface area contributed by atoms with E-state index in [-0.39, 0.29) is 6.42 Å². The molecule has 0 heterocycles. The van der Waals surface area contributed by atoms with Gasteiger partial charge in [-0.05, 0) is 6.07 Å². The number of rotatable bonds is 6. The fourth-order valence-corrected chi connectivity index (χ4v) is 1.27. The molecule has 0 aliphatic carbocycles. The fourth-order valence-electron chi connectivity index (χ4n) is 1.27. The number of benzene rings is 1. The number of carboxylic acid groups (broad SMARTS) is 2. The molecule has 0 radical (unpaired) electrons. The van der Waals surface area contributed by atoms with E-state index in [2.05, 4.69) is 0 Å². The Balaban J connectivity index is 2.84. The van der Waals surface area contributed by atoms with E-state index >= 15 is 0 Å². The average molecular weight is 240 g/mol. The van der Waals surface area contributed by atoms with Crippen molar-refractivity contribution in [2.75, 3.05) is 13.7 Å². The highest BCUT2D eigenvalue weighted by atomic mass is 16.5. The number of methoxy groups -OCH3 is 1. The smallest absolute Gasteiger partial charge is 0.341 e. The second kappa shape index (κ2) is 5.74. The van der Waals surface area contributed by atoms with Gasteiger partial charge in [-0.1, -0.05) is 6.07 Å². The molecule has 1 aromatic rings. The molecule has 0 saturated carbocycles. The molecule has 0 aromatic heterocycles. The minimum Gasteiger partial charge on any atom is -0.496 e. The SMILES string of the molecule is COc1cc(OCC(=O)O)ccc1CC(=O)O. The van der Waals surface area contributed by atoms with E-state index in [1.165, 1.54) is 25.3 Å². The summed E-state index contributed by atoms with van der Waals surface area (Å²) in [7, 11) is 1.40. The van der Waals surface area contributed by atoms with Crippen molar-refractivity contribution in [3.05, 3.63) is 23.8 Å². The Bertz CT molecular complexity index is 426. The third kappa shape index (κ3) is 4.02. The predicted molar refractivity (Wildman–Crippen MR) is 57.5 cm³/mol. The van der Waals surface area contributed by atoms with Crippen molar-refractivity contribution >= 4 is 11.9 Å². The van der Waals surface area contributed by atoms with E-state index in [4.69, 9.17) is 19.7 Å². The highest BCUT2D eigenvalue weighted by molar-refractivity contribution is 5.71. The zero-order chi connectivity index (χ0) is 12.8. The van der Waals surface area contributed by atoms with Crippen LogP contribution < -0.4 is 9.47 Å². The molecule has 6 nitrogen and oxygen atoms in total. The first kappa shape index (κ1) is 12.8. The van der Waals surface area contributed by atoms with Gasteiger partial charge in [-0.2, -0.15) is 0 Å². The van der Waals surface area contributed by atoms with Crippen molar-refractivity contribution in [1.29, 1.82) is 0 Å². The van der Waals surface area contributed by atoms with Gasteiger partial charge in [-0.25, -0.2) is 4.79 Å². The largest absolute Gasteiger partial charge is 0.496 e. The quantitative estimate of drug-likeness (QED) is 0.763. The number of carboxylic acids is 2. The second-order valence-corrected chi connectivity index (χ2v) is 3.23. The average Bonchev–Trinajstić information content (AvgIpc) is 2.26. The van der Waals surface area contributed by atoms with Crippen LogP contribution in [0.2, 0.25) is 0 Å². The van der Waals surface area contributed by atoms with Crippen LogP contribution in [0, 0.1) is 0 Å². The monoisotopic (exact) mass is 240 g/mol. The molecule has 2 N–H and O–H groups in total. The molecule has 0 saturated heterocycles. The molecule has 0 aliphatic rings. The molecule has 0 amide bonds. The number of hydrogen-bond acceptors (Lipinski definition) is 4. The van der Waals surface area contributed by atoms with Gasteiger partial charge in [-0.3, -0.25) is 4.79 Å². The second-order valence-electron chi connectivity index (χ2n) is 3.23. The van der Waals surface area contributed by atoms with E-state index in [0.29, 0.717) is 17.1 Å². The van der Waals surface area contributed by atoms with Crippen molar-refractivity contribution in [2.45, 2.75) is 6.42 Å². The molecule has 0 unspecified atom stereocenters. The lowest BCUT2D eigenvalue weighted by atomic mass is 10.1. The molecule has 6 heteroatoms. The summed E-state index contributed by atoms with van der Waals surface area (Å²) in [5.41, 5.74) is 0.502. The summed E-state index contributed by atoms with van der Waals surface area (Å²) in [5.74, 6) is -1.38. The Kier molecular flexibility index (Phi) is 4.33. The first-order valence-electron chi connectivity index (χ1n) is 4.76. The molecule has 92 valence electrons. The molecule has 0 spiro atoms. The van der Waals surface area contributed by atoms with Crippen molar-refractivity contribution in [1.82, 2.24) is 0 Å². The number of ether oxygens (including phenoxy) is 2. The molecular formula is C11H12O6.